The molecule has 0 spiro atoms. The molecule has 0 aromatic heterocycles. The number of carbonyl (C=O) groups is 1. The van der Waals surface area contributed by atoms with Crippen LogP contribution in [0.25, 0.3) is 5.57 Å². The summed E-state index contributed by atoms with van der Waals surface area (Å²) in [6.45, 7) is 4.27. The first kappa shape index (κ1) is 10.3. The van der Waals surface area contributed by atoms with E-state index in [1.54, 1.807) is 0 Å². The van der Waals surface area contributed by atoms with Crippen molar-refractivity contribution < 1.29 is 4.79 Å². The minimum Gasteiger partial charge on any atom is -0.289 e. The molecule has 1 heteroatoms. The van der Waals surface area contributed by atoms with Gasteiger partial charge in [0.1, 0.15) is 0 Å². The highest BCUT2D eigenvalue weighted by Crippen LogP contribution is 2.38. The van der Waals surface area contributed by atoms with E-state index in [0.29, 0.717) is 0 Å². The Labute approximate surface area is 101 Å². The lowest BCUT2D eigenvalue weighted by molar-refractivity contribution is 0.104. The first-order chi connectivity index (χ1) is 8.08. The average molecular weight is 222 g/mol. The molecule has 0 bridgehead atoms. The minimum atomic E-state index is 0.0135. The van der Waals surface area contributed by atoms with E-state index in [4.69, 9.17) is 0 Å². The predicted molar refractivity (Wildman–Crippen MR) is 69.8 cm³/mol. The van der Waals surface area contributed by atoms with Gasteiger partial charge in [0.15, 0.2) is 5.78 Å². The van der Waals surface area contributed by atoms with Crippen molar-refractivity contribution >= 4 is 11.4 Å². The third-order valence-electron chi connectivity index (χ3n) is 3.36. The zero-order chi connectivity index (χ0) is 12.0. The summed E-state index contributed by atoms with van der Waals surface area (Å²) in [5.41, 5.74) is 3.79. The summed E-state index contributed by atoms with van der Waals surface area (Å²) in [7, 11) is 0. The van der Waals surface area contributed by atoms with Crippen LogP contribution in [0.3, 0.4) is 0 Å². The van der Waals surface area contributed by atoms with Gasteiger partial charge in [-0.05, 0) is 11.1 Å². The summed E-state index contributed by atoms with van der Waals surface area (Å²) in [5.74, 6) is 0.147. The number of Topliss-reactive ketones (excluding diaryl/α,β-unsaturated/α-hetero) is 1. The lowest BCUT2D eigenvalue weighted by Gasteiger charge is -2.13. The smallest absolute Gasteiger partial charge is 0.194 e. The number of hydrogen-bond acceptors (Lipinski definition) is 1. The van der Waals surface area contributed by atoms with Gasteiger partial charge in [-0.25, -0.2) is 0 Å². The maximum Gasteiger partial charge on any atom is 0.194 e. The lowest BCUT2D eigenvalue weighted by Crippen LogP contribution is -2.02. The number of benzene rings is 1. The summed E-state index contributed by atoms with van der Waals surface area (Å²) in [6.07, 6.45) is 8.30. The highest BCUT2D eigenvalue weighted by molar-refractivity contribution is 6.23. The fourth-order valence-electron chi connectivity index (χ4n) is 2.33. The molecule has 17 heavy (non-hydrogen) atoms. The zero-order valence-electron chi connectivity index (χ0n) is 10.0. The second-order valence-corrected chi connectivity index (χ2v) is 5.19. The van der Waals surface area contributed by atoms with Crippen molar-refractivity contribution in [1.29, 1.82) is 0 Å². The molecule has 1 nitrogen and oxygen atoms in total. The molecule has 2 aliphatic rings. The number of ketones is 1. The van der Waals surface area contributed by atoms with E-state index in [1.807, 2.05) is 30.3 Å². The molecule has 3 rings (SSSR count). The highest BCUT2D eigenvalue weighted by atomic mass is 16.1. The number of hydrogen-bond donors (Lipinski definition) is 0. The number of rotatable bonds is 0. The second-order valence-electron chi connectivity index (χ2n) is 5.19. The molecular formula is C16H14O. The molecule has 0 unspecified atom stereocenters. The van der Waals surface area contributed by atoms with Gasteiger partial charge in [0.25, 0.3) is 0 Å². The molecule has 2 aliphatic carbocycles. The normalized spacial score (nSPS) is 20.2. The molecule has 0 N–H and O–H groups in total. The summed E-state index contributed by atoms with van der Waals surface area (Å²) >= 11 is 0. The van der Waals surface area contributed by atoms with Gasteiger partial charge in [0.2, 0.25) is 0 Å². The fraction of sp³-hybridized carbons (Fsp3) is 0.188. The van der Waals surface area contributed by atoms with Crippen molar-refractivity contribution in [2.24, 2.45) is 5.41 Å². The van der Waals surface area contributed by atoms with Crippen LogP contribution in [0.2, 0.25) is 0 Å². The Morgan fingerprint density at radius 2 is 1.47 bits per heavy atom. The van der Waals surface area contributed by atoms with Crippen LogP contribution in [-0.4, -0.2) is 5.78 Å². The molecule has 84 valence electrons. The molecule has 0 heterocycles. The highest BCUT2D eigenvalue weighted by Gasteiger charge is 2.28. The minimum absolute atomic E-state index is 0.0135. The SMILES string of the molecule is CC1(C)C=CC2=C(C=C1)c1ccccc1C2=O. The third kappa shape index (κ3) is 1.50. The predicted octanol–water partition coefficient (Wildman–Crippen LogP) is 3.79. The number of carbonyl (C=O) groups excluding carboxylic acids is 1. The Morgan fingerprint density at radius 1 is 0.882 bits per heavy atom. The van der Waals surface area contributed by atoms with E-state index in [-0.39, 0.29) is 11.2 Å². The van der Waals surface area contributed by atoms with Gasteiger partial charge in [-0.15, -0.1) is 0 Å². The van der Waals surface area contributed by atoms with Crippen molar-refractivity contribution in [1.82, 2.24) is 0 Å². The van der Waals surface area contributed by atoms with Gasteiger partial charge in [0, 0.05) is 16.6 Å². The van der Waals surface area contributed by atoms with Gasteiger partial charge < -0.3 is 0 Å². The van der Waals surface area contributed by atoms with E-state index < -0.39 is 0 Å². The van der Waals surface area contributed by atoms with E-state index >= 15 is 0 Å². The first-order valence-electron chi connectivity index (χ1n) is 5.85. The fourth-order valence-corrected chi connectivity index (χ4v) is 2.33. The molecule has 0 amide bonds. The van der Waals surface area contributed by atoms with Gasteiger partial charge >= 0.3 is 0 Å². The van der Waals surface area contributed by atoms with Crippen molar-refractivity contribution in [2.75, 3.05) is 0 Å². The van der Waals surface area contributed by atoms with Gasteiger partial charge in [0.05, 0.1) is 0 Å². The Balaban J connectivity index is 2.22. The van der Waals surface area contributed by atoms with Gasteiger partial charge in [-0.2, -0.15) is 0 Å². The van der Waals surface area contributed by atoms with Crippen molar-refractivity contribution in [3.8, 4) is 0 Å². The standard InChI is InChI=1S/C16H14O/c1-16(2)9-7-12-11-5-3-4-6-13(11)15(17)14(12)8-10-16/h3-10H,1-2H3. The van der Waals surface area contributed by atoms with Crippen LogP contribution in [0.1, 0.15) is 29.8 Å². The van der Waals surface area contributed by atoms with Crippen LogP contribution >= 0.6 is 0 Å². The number of allylic oxidation sites excluding steroid dienone is 6. The lowest BCUT2D eigenvalue weighted by atomic mass is 9.92. The van der Waals surface area contributed by atoms with E-state index in [9.17, 15) is 4.79 Å². The average Bonchev–Trinajstić information content (AvgIpc) is 2.46. The van der Waals surface area contributed by atoms with Crippen LogP contribution in [0.5, 0.6) is 0 Å². The summed E-state index contributed by atoms with van der Waals surface area (Å²) in [5, 5.41) is 0. The van der Waals surface area contributed by atoms with E-state index in [2.05, 4.69) is 32.1 Å². The Morgan fingerprint density at radius 3 is 2.18 bits per heavy atom. The zero-order valence-corrected chi connectivity index (χ0v) is 10.0. The maximum absolute atomic E-state index is 12.3. The Bertz CT molecular complexity index is 598. The van der Waals surface area contributed by atoms with Crippen LogP contribution < -0.4 is 0 Å². The molecule has 0 saturated heterocycles. The number of fused-ring (bicyclic) bond motifs is 2. The summed E-state index contributed by atoms with van der Waals surface area (Å²) < 4.78 is 0. The summed E-state index contributed by atoms with van der Waals surface area (Å²) in [6, 6.07) is 7.82. The molecule has 0 aliphatic heterocycles. The first-order valence-corrected chi connectivity index (χ1v) is 5.85. The van der Waals surface area contributed by atoms with Crippen molar-refractivity contribution in [3.05, 3.63) is 65.3 Å². The molecule has 1 aromatic rings. The molecule has 0 fully saturated rings. The van der Waals surface area contributed by atoms with Crippen LogP contribution in [0.4, 0.5) is 0 Å². The Kier molecular flexibility index (Phi) is 1.99. The van der Waals surface area contributed by atoms with Crippen LogP contribution in [0, 0.1) is 5.41 Å². The second kappa shape index (κ2) is 3.30. The monoisotopic (exact) mass is 222 g/mol. The van der Waals surface area contributed by atoms with Crippen LogP contribution in [0.15, 0.2) is 54.1 Å². The quantitative estimate of drug-likeness (QED) is 0.652. The van der Waals surface area contributed by atoms with Crippen LogP contribution in [-0.2, 0) is 0 Å². The Hall–Kier alpha value is -1.89. The molecular weight excluding hydrogens is 208 g/mol. The summed E-state index contributed by atoms with van der Waals surface area (Å²) in [4.78, 5) is 12.3. The molecule has 0 atom stereocenters. The van der Waals surface area contributed by atoms with Crippen molar-refractivity contribution in [3.63, 3.8) is 0 Å². The topological polar surface area (TPSA) is 17.1 Å². The van der Waals surface area contributed by atoms with Crippen molar-refractivity contribution in [2.45, 2.75) is 13.8 Å². The molecule has 0 saturated carbocycles. The molecule has 0 radical (unpaired) electrons. The third-order valence-corrected chi connectivity index (χ3v) is 3.36. The van der Waals surface area contributed by atoms with E-state index in [0.717, 1.165) is 22.3 Å². The largest absolute Gasteiger partial charge is 0.289 e. The van der Waals surface area contributed by atoms with Gasteiger partial charge in [-0.1, -0.05) is 62.4 Å². The van der Waals surface area contributed by atoms with E-state index in [1.165, 1.54) is 0 Å². The van der Waals surface area contributed by atoms with Gasteiger partial charge in [-0.3, -0.25) is 4.79 Å². The maximum atomic E-state index is 12.3. The molecule has 1 aromatic carbocycles.